The number of amides is 1. The van der Waals surface area contributed by atoms with Gasteiger partial charge in [-0.25, -0.2) is 0 Å². The summed E-state index contributed by atoms with van der Waals surface area (Å²) < 4.78 is 0. The van der Waals surface area contributed by atoms with Crippen molar-refractivity contribution in [2.45, 2.75) is 51.7 Å². The van der Waals surface area contributed by atoms with Gasteiger partial charge in [-0.3, -0.25) is 4.79 Å². The molecule has 21 heavy (non-hydrogen) atoms. The van der Waals surface area contributed by atoms with Crippen LogP contribution >= 0.6 is 0 Å². The van der Waals surface area contributed by atoms with Crippen LogP contribution in [-0.2, 0) is 4.79 Å². The summed E-state index contributed by atoms with van der Waals surface area (Å²) in [7, 11) is 1.73. The molecule has 0 bridgehead atoms. The first-order valence-corrected chi connectivity index (χ1v) is 7.67. The molecular formula is C18H27NO2. The van der Waals surface area contributed by atoms with Gasteiger partial charge in [0.25, 0.3) is 0 Å². The zero-order valence-corrected chi connectivity index (χ0v) is 13.4. The Hall–Kier alpha value is -1.61. The standard InChI is InChI=1S/C18H27NO2/c1-5-6-8-11-14(2)18(21)19(4)15(3)17(20)16-12-9-7-10-13-16/h7,9-10,12-13,15,17,20H,2,5-6,8,11H2,1,3-4H3/t15-,17+/m0/s1. The van der Waals surface area contributed by atoms with Gasteiger partial charge in [0.1, 0.15) is 0 Å². The first-order chi connectivity index (χ1) is 9.99. The van der Waals surface area contributed by atoms with Crippen LogP contribution in [-0.4, -0.2) is 29.0 Å². The number of nitrogens with zero attached hydrogens (tertiary/aromatic N) is 1. The van der Waals surface area contributed by atoms with Crippen LogP contribution in [0.3, 0.4) is 0 Å². The second kappa shape index (κ2) is 8.63. The summed E-state index contributed by atoms with van der Waals surface area (Å²) in [5.74, 6) is -0.0754. The summed E-state index contributed by atoms with van der Waals surface area (Å²) in [4.78, 5) is 13.9. The number of rotatable bonds is 8. The van der Waals surface area contributed by atoms with Gasteiger partial charge in [0, 0.05) is 12.6 Å². The Bertz CT molecular complexity index is 456. The van der Waals surface area contributed by atoms with E-state index in [0.29, 0.717) is 5.57 Å². The molecule has 1 aromatic carbocycles. The van der Waals surface area contributed by atoms with E-state index in [0.717, 1.165) is 31.2 Å². The van der Waals surface area contributed by atoms with Gasteiger partial charge in [-0.05, 0) is 25.3 Å². The molecule has 0 saturated carbocycles. The molecule has 0 fully saturated rings. The number of benzene rings is 1. The van der Waals surface area contributed by atoms with Crippen molar-refractivity contribution < 1.29 is 9.90 Å². The van der Waals surface area contributed by atoms with E-state index >= 15 is 0 Å². The van der Waals surface area contributed by atoms with Crippen molar-refractivity contribution >= 4 is 5.91 Å². The average Bonchev–Trinajstić information content (AvgIpc) is 2.52. The molecule has 1 aromatic rings. The first-order valence-electron chi connectivity index (χ1n) is 7.67. The van der Waals surface area contributed by atoms with Crippen LogP contribution in [0.25, 0.3) is 0 Å². The van der Waals surface area contributed by atoms with E-state index in [4.69, 9.17) is 0 Å². The Kier molecular flexibility index (Phi) is 7.17. The second-order valence-corrected chi connectivity index (χ2v) is 5.57. The molecule has 0 heterocycles. The minimum Gasteiger partial charge on any atom is -0.386 e. The molecular weight excluding hydrogens is 262 g/mol. The molecule has 1 rings (SSSR count). The molecule has 1 amide bonds. The Morgan fingerprint density at radius 2 is 1.90 bits per heavy atom. The number of hydrogen-bond donors (Lipinski definition) is 1. The minimum absolute atomic E-state index is 0.0754. The maximum absolute atomic E-state index is 12.3. The maximum Gasteiger partial charge on any atom is 0.249 e. The summed E-state index contributed by atoms with van der Waals surface area (Å²) in [6, 6.07) is 9.13. The smallest absolute Gasteiger partial charge is 0.249 e. The van der Waals surface area contributed by atoms with E-state index < -0.39 is 6.10 Å². The number of likely N-dealkylation sites (N-methyl/N-ethyl adjacent to an activating group) is 1. The number of carbonyl (C=O) groups is 1. The van der Waals surface area contributed by atoms with Crippen LogP contribution in [0.2, 0.25) is 0 Å². The van der Waals surface area contributed by atoms with Gasteiger partial charge in [0.15, 0.2) is 0 Å². The maximum atomic E-state index is 12.3. The van der Waals surface area contributed by atoms with Gasteiger partial charge >= 0.3 is 0 Å². The van der Waals surface area contributed by atoms with Crippen molar-refractivity contribution in [3.63, 3.8) is 0 Å². The van der Waals surface area contributed by atoms with Gasteiger partial charge < -0.3 is 10.0 Å². The van der Waals surface area contributed by atoms with Gasteiger partial charge in [-0.15, -0.1) is 0 Å². The minimum atomic E-state index is -0.691. The summed E-state index contributed by atoms with van der Waals surface area (Å²) in [5, 5.41) is 10.4. The fraction of sp³-hybridized carbons (Fsp3) is 0.500. The average molecular weight is 289 g/mol. The van der Waals surface area contributed by atoms with Gasteiger partial charge in [0.05, 0.1) is 12.1 Å². The highest BCUT2D eigenvalue weighted by Crippen LogP contribution is 2.21. The topological polar surface area (TPSA) is 40.5 Å². The molecule has 3 nitrogen and oxygen atoms in total. The van der Waals surface area contributed by atoms with Crippen LogP contribution < -0.4 is 0 Å². The molecule has 116 valence electrons. The zero-order valence-electron chi connectivity index (χ0n) is 13.4. The normalized spacial score (nSPS) is 13.5. The first kappa shape index (κ1) is 17.4. The number of unbranched alkanes of at least 4 members (excludes halogenated alkanes) is 2. The third-order valence-corrected chi connectivity index (χ3v) is 3.91. The lowest BCUT2D eigenvalue weighted by atomic mass is 10.0. The number of carbonyl (C=O) groups excluding carboxylic acids is 1. The summed E-state index contributed by atoms with van der Waals surface area (Å²) in [6.07, 6.45) is 3.26. The van der Waals surface area contributed by atoms with Crippen LogP contribution in [0.4, 0.5) is 0 Å². The van der Waals surface area contributed by atoms with E-state index in [1.807, 2.05) is 37.3 Å². The highest BCUT2D eigenvalue weighted by Gasteiger charge is 2.24. The van der Waals surface area contributed by atoms with Crippen molar-refractivity contribution in [1.82, 2.24) is 4.90 Å². The fourth-order valence-electron chi connectivity index (χ4n) is 2.27. The van der Waals surface area contributed by atoms with E-state index in [1.165, 1.54) is 0 Å². The molecule has 0 aliphatic heterocycles. The molecule has 0 aliphatic carbocycles. The van der Waals surface area contributed by atoms with Crippen molar-refractivity contribution in [3.05, 3.63) is 48.0 Å². The van der Waals surface area contributed by atoms with E-state index in [2.05, 4.69) is 13.5 Å². The van der Waals surface area contributed by atoms with Crippen molar-refractivity contribution in [1.29, 1.82) is 0 Å². The lowest BCUT2D eigenvalue weighted by molar-refractivity contribution is -0.130. The predicted octanol–water partition coefficient (Wildman–Crippen LogP) is 3.70. The van der Waals surface area contributed by atoms with Crippen molar-refractivity contribution in [3.8, 4) is 0 Å². The third kappa shape index (κ3) is 5.01. The van der Waals surface area contributed by atoms with E-state index in [-0.39, 0.29) is 11.9 Å². The summed E-state index contributed by atoms with van der Waals surface area (Å²) in [6.45, 7) is 7.88. The number of hydrogen-bond acceptors (Lipinski definition) is 2. The molecule has 0 spiro atoms. The van der Waals surface area contributed by atoms with Crippen molar-refractivity contribution in [2.24, 2.45) is 0 Å². The molecule has 0 radical (unpaired) electrons. The third-order valence-electron chi connectivity index (χ3n) is 3.91. The van der Waals surface area contributed by atoms with Crippen LogP contribution in [0.5, 0.6) is 0 Å². The Morgan fingerprint density at radius 1 is 1.29 bits per heavy atom. The summed E-state index contributed by atoms with van der Waals surface area (Å²) in [5.41, 5.74) is 1.44. The highest BCUT2D eigenvalue weighted by atomic mass is 16.3. The number of aliphatic hydroxyl groups excluding tert-OH is 1. The molecule has 0 aromatic heterocycles. The molecule has 1 N–H and O–H groups in total. The van der Waals surface area contributed by atoms with Crippen molar-refractivity contribution in [2.75, 3.05) is 7.05 Å². The van der Waals surface area contributed by atoms with Gasteiger partial charge in [-0.2, -0.15) is 0 Å². The molecule has 3 heteroatoms. The molecule has 0 saturated heterocycles. The van der Waals surface area contributed by atoms with E-state index in [1.54, 1.807) is 11.9 Å². The van der Waals surface area contributed by atoms with Gasteiger partial charge in [-0.1, -0.05) is 56.7 Å². The summed E-state index contributed by atoms with van der Waals surface area (Å²) >= 11 is 0. The molecule has 0 aliphatic rings. The monoisotopic (exact) mass is 289 g/mol. The largest absolute Gasteiger partial charge is 0.386 e. The van der Waals surface area contributed by atoms with Crippen LogP contribution in [0.1, 0.15) is 51.2 Å². The van der Waals surface area contributed by atoms with E-state index in [9.17, 15) is 9.90 Å². The van der Waals surface area contributed by atoms with Crippen LogP contribution in [0, 0.1) is 0 Å². The Morgan fingerprint density at radius 3 is 2.48 bits per heavy atom. The molecule has 2 atom stereocenters. The predicted molar refractivity (Wildman–Crippen MR) is 86.9 cm³/mol. The second-order valence-electron chi connectivity index (χ2n) is 5.57. The Balaban J connectivity index is 2.62. The quantitative estimate of drug-likeness (QED) is 0.585. The SMILES string of the molecule is C=C(CCCCC)C(=O)N(C)[C@@H](C)[C@@H](O)c1ccccc1. The lowest BCUT2D eigenvalue weighted by Crippen LogP contribution is -2.39. The lowest BCUT2D eigenvalue weighted by Gasteiger charge is -2.30. The highest BCUT2D eigenvalue weighted by molar-refractivity contribution is 5.92. The molecule has 0 unspecified atom stereocenters. The number of aliphatic hydroxyl groups is 1. The fourth-order valence-corrected chi connectivity index (χ4v) is 2.27. The van der Waals surface area contributed by atoms with Gasteiger partial charge in [0.2, 0.25) is 5.91 Å². The zero-order chi connectivity index (χ0) is 15.8. The van der Waals surface area contributed by atoms with Crippen LogP contribution in [0.15, 0.2) is 42.5 Å². The Labute approximate surface area is 128 Å².